The van der Waals surface area contributed by atoms with Gasteiger partial charge in [-0.15, -0.1) is 0 Å². The Bertz CT molecular complexity index is 902. The molecule has 4 rings (SSSR count). The monoisotopic (exact) mass is 305 g/mol. The molecule has 4 heteroatoms. The highest BCUT2D eigenvalue weighted by Gasteiger charge is 2.12. The summed E-state index contributed by atoms with van der Waals surface area (Å²) in [7, 11) is 1.67. The van der Waals surface area contributed by atoms with Crippen molar-refractivity contribution in [2.45, 2.75) is 0 Å². The zero-order valence-electron chi connectivity index (χ0n) is 12.7. The van der Waals surface area contributed by atoms with E-state index in [1.165, 1.54) is 0 Å². The lowest BCUT2D eigenvalue weighted by Gasteiger charge is -2.06. The lowest BCUT2D eigenvalue weighted by atomic mass is 10.1. The molecule has 1 aromatic heterocycles. The van der Waals surface area contributed by atoms with E-state index in [1.807, 2.05) is 60.7 Å². The lowest BCUT2D eigenvalue weighted by Crippen LogP contribution is -1.92. The maximum absolute atomic E-state index is 5.47. The van der Waals surface area contributed by atoms with E-state index in [2.05, 4.69) is 4.98 Å². The predicted octanol–water partition coefficient (Wildman–Crippen LogP) is 4.14. The van der Waals surface area contributed by atoms with Gasteiger partial charge >= 0.3 is 0 Å². The van der Waals surface area contributed by atoms with Crippen molar-refractivity contribution in [1.82, 2.24) is 4.98 Å². The van der Waals surface area contributed by atoms with E-state index >= 15 is 0 Å². The van der Waals surface area contributed by atoms with Crippen molar-refractivity contribution in [3.63, 3.8) is 0 Å². The number of rotatable bonds is 3. The highest BCUT2D eigenvalue weighted by Crippen LogP contribution is 2.33. The van der Waals surface area contributed by atoms with Crippen molar-refractivity contribution in [2.75, 3.05) is 13.9 Å². The number of methoxy groups -OCH3 is 1. The van der Waals surface area contributed by atoms with Crippen LogP contribution in [0.1, 0.15) is 11.3 Å². The third-order valence-electron chi connectivity index (χ3n) is 3.76. The van der Waals surface area contributed by atoms with Crippen LogP contribution < -0.4 is 14.2 Å². The summed E-state index contributed by atoms with van der Waals surface area (Å²) in [6, 6.07) is 15.7. The van der Waals surface area contributed by atoms with Gasteiger partial charge in [-0.2, -0.15) is 0 Å². The molecule has 1 aliphatic heterocycles. The molecule has 0 fully saturated rings. The summed E-state index contributed by atoms with van der Waals surface area (Å²) in [5.74, 6) is 2.38. The van der Waals surface area contributed by atoms with Gasteiger partial charge in [0.05, 0.1) is 18.3 Å². The van der Waals surface area contributed by atoms with Crippen LogP contribution in [0.2, 0.25) is 0 Å². The quantitative estimate of drug-likeness (QED) is 0.729. The van der Waals surface area contributed by atoms with E-state index in [0.717, 1.165) is 39.4 Å². The number of pyridine rings is 1. The van der Waals surface area contributed by atoms with Crippen molar-refractivity contribution in [3.8, 4) is 17.2 Å². The summed E-state index contributed by atoms with van der Waals surface area (Å²) in [4.78, 5) is 4.65. The smallest absolute Gasteiger partial charge is 0.231 e. The van der Waals surface area contributed by atoms with Gasteiger partial charge in [-0.25, -0.2) is 4.98 Å². The maximum Gasteiger partial charge on any atom is 0.231 e. The first-order chi connectivity index (χ1) is 11.3. The van der Waals surface area contributed by atoms with Gasteiger partial charge in [0.15, 0.2) is 11.5 Å². The molecule has 0 saturated heterocycles. The first kappa shape index (κ1) is 13.6. The lowest BCUT2D eigenvalue weighted by molar-refractivity contribution is 0.174. The molecule has 0 atom stereocenters. The second-order valence-electron chi connectivity index (χ2n) is 5.21. The highest BCUT2D eigenvalue weighted by molar-refractivity contribution is 5.87. The van der Waals surface area contributed by atoms with Crippen LogP contribution in [0, 0.1) is 0 Å². The summed E-state index contributed by atoms with van der Waals surface area (Å²) in [6.45, 7) is 0.284. The van der Waals surface area contributed by atoms with E-state index in [4.69, 9.17) is 14.2 Å². The van der Waals surface area contributed by atoms with Crippen LogP contribution in [0.3, 0.4) is 0 Å². The fourth-order valence-corrected chi connectivity index (χ4v) is 2.62. The second kappa shape index (κ2) is 5.65. The number of nitrogens with zero attached hydrogens (tertiary/aromatic N) is 1. The largest absolute Gasteiger partial charge is 0.496 e. The molecule has 23 heavy (non-hydrogen) atoms. The van der Waals surface area contributed by atoms with Crippen LogP contribution in [-0.2, 0) is 0 Å². The molecule has 4 nitrogen and oxygen atoms in total. The van der Waals surface area contributed by atoms with E-state index in [1.54, 1.807) is 7.11 Å². The van der Waals surface area contributed by atoms with Gasteiger partial charge in [-0.3, -0.25) is 0 Å². The summed E-state index contributed by atoms with van der Waals surface area (Å²) in [6.07, 6.45) is 3.96. The number of fused-ring (bicyclic) bond motifs is 2. The second-order valence-corrected chi connectivity index (χ2v) is 5.21. The molecule has 0 radical (unpaired) electrons. The number of hydrogen-bond donors (Lipinski definition) is 0. The molecule has 2 heterocycles. The minimum absolute atomic E-state index is 0.284. The van der Waals surface area contributed by atoms with Crippen molar-refractivity contribution in [1.29, 1.82) is 0 Å². The number of para-hydroxylation sites is 1. The van der Waals surface area contributed by atoms with Crippen LogP contribution in [-0.4, -0.2) is 18.9 Å². The maximum atomic E-state index is 5.47. The van der Waals surface area contributed by atoms with Crippen molar-refractivity contribution < 1.29 is 14.2 Å². The van der Waals surface area contributed by atoms with Crippen LogP contribution in [0.15, 0.2) is 48.5 Å². The Kier molecular flexibility index (Phi) is 3.35. The highest BCUT2D eigenvalue weighted by atomic mass is 16.7. The first-order valence-corrected chi connectivity index (χ1v) is 7.35. The molecule has 0 unspecified atom stereocenters. The van der Waals surface area contributed by atoms with Gasteiger partial charge < -0.3 is 14.2 Å². The van der Waals surface area contributed by atoms with E-state index < -0.39 is 0 Å². The normalized spacial score (nSPS) is 12.9. The summed E-state index contributed by atoms with van der Waals surface area (Å²) in [5.41, 5.74) is 2.79. The van der Waals surface area contributed by atoms with Crippen molar-refractivity contribution >= 4 is 23.1 Å². The molecular weight excluding hydrogens is 290 g/mol. The zero-order valence-corrected chi connectivity index (χ0v) is 12.7. The molecule has 0 amide bonds. The molecule has 0 spiro atoms. The Labute approximate surface area is 133 Å². The van der Waals surface area contributed by atoms with Crippen molar-refractivity contribution in [2.24, 2.45) is 0 Å². The van der Waals surface area contributed by atoms with Crippen LogP contribution in [0.4, 0.5) is 0 Å². The molecule has 0 saturated carbocycles. The van der Waals surface area contributed by atoms with Crippen molar-refractivity contribution in [3.05, 3.63) is 59.8 Å². The number of benzene rings is 2. The minimum Gasteiger partial charge on any atom is -0.496 e. The predicted molar refractivity (Wildman–Crippen MR) is 89.8 cm³/mol. The molecule has 1 aliphatic rings. The topological polar surface area (TPSA) is 40.6 Å². The van der Waals surface area contributed by atoms with E-state index in [0.29, 0.717) is 0 Å². The molecule has 0 aliphatic carbocycles. The zero-order chi connectivity index (χ0) is 15.6. The molecular formula is C19H15NO3. The minimum atomic E-state index is 0.284. The molecule has 2 aromatic carbocycles. The number of aromatic nitrogens is 1. The Morgan fingerprint density at radius 3 is 2.78 bits per heavy atom. The third kappa shape index (κ3) is 2.59. The van der Waals surface area contributed by atoms with Gasteiger partial charge in [-0.05, 0) is 35.9 Å². The average molecular weight is 305 g/mol. The Morgan fingerprint density at radius 2 is 1.87 bits per heavy atom. The van der Waals surface area contributed by atoms with Gasteiger partial charge in [0, 0.05) is 11.5 Å². The molecule has 114 valence electrons. The SMILES string of the molecule is COc1cc(/C=C/c2ccc3c(c2)OCO3)nc2ccccc12. The number of ether oxygens (including phenoxy) is 3. The summed E-state index contributed by atoms with van der Waals surface area (Å²) in [5, 5.41) is 1.01. The van der Waals surface area contributed by atoms with Crippen LogP contribution >= 0.6 is 0 Å². The standard InChI is InChI=1S/C19H15NO3/c1-21-18-11-14(20-16-5-3-2-4-15(16)18)8-6-13-7-9-17-19(10-13)23-12-22-17/h2-11H,12H2,1H3/b8-6+. The average Bonchev–Trinajstić information content (AvgIpc) is 3.07. The van der Waals surface area contributed by atoms with E-state index in [-0.39, 0.29) is 6.79 Å². The fourth-order valence-electron chi connectivity index (χ4n) is 2.62. The molecule has 0 N–H and O–H groups in total. The summed E-state index contributed by atoms with van der Waals surface area (Å²) < 4.78 is 16.2. The van der Waals surface area contributed by atoms with Crippen LogP contribution in [0.5, 0.6) is 17.2 Å². The third-order valence-corrected chi connectivity index (χ3v) is 3.76. The van der Waals surface area contributed by atoms with Gasteiger partial charge in [0.25, 0.3) is 0 Å². The van der Waals surface area contributed by atoms with Gasteiger partial charge in [-0.1, -0.05) is 24.3 Å². The number of hydrogen-bond acceptors (Lipinski definition) is 4. The Balaban J connectivity index is 1.69. The fraction of sp³-hybridized carbons (Fsp3) is 0.105. The van der Waals surface area contributed by atoms with Gasteiger partial charge in [0.2, 0.25) is 6.79 Å². The molecule has 0 bridgehead atoms. The van der Waals surface area contributed by atoms with E-state index in [9.17, 15) is 0 Å². The van der Waals surface area contributed by atoms with Gasteiger partial charge in [0.1, 0.15) is 5.75 Å². The first-order valence-electron chi connectivity index (χ1n) is 7.35. The molecule has 3 aromatic rings. The Hall–Kier alpha value is -3.01. The summed E-state index contributed by atoms with van der Waals surface area (Å²) >= 11 is 0. The van der Waals surface area contributed by atoms with Crippen LogP contribution in [0.25, 0.3) is 23.1 Å². The Morgan fingerprint density at radius 1 is 1.00 bits per heavy atom.